The SMILES string of the molecule is Cc1cccc(-c2nc(-c3ccccn3)co2)c1. The molecular weight excluding hydrogens is 224 g/mol. The van der Waals surface area contributed by atoms with E-state index in [4.69, 9.17) is 4.42 Å². The van der Waals surface area contributed by atoms with Gasteiger partial charge in [0, 0.05) is 11.8 Å². The molecule has 0 unspecified atom stereocenters. The summed E-state index contributed by atoms with van der Waals surface area (Å²) in [6.45, 7) is 2.05. The zero-order valence-electron chi connectivity index (χ0n) is 10.00. The maximum absolute atomic E-state index is 5.51. The molecule has 0 atom stereocenters. The van der Waals surface area contributed by atoms with Gasteiger partial charge < -0.3 is 4.42 Å². The number of hydrogen-bond acceptors (Lipinski definition) is 3. The van der Waals surface area contributed by atoms with Crippen molar-refractivity contribution >= 4 is 0 Å². The van der Waals surface area contributed by atoms with Gasteiger partial charge in [-0.3, -0.25) is 4.98 Å². The fourth-order valence-corrected chi connectivity index (χ4v) is 1.82. The molecule has 2 aromatic heterocycles. The summed E-state index contributed by atoms with van der Waals surface area (Å²) in [6.07, 6.45) is 3.39. The van der Waals surface area contributed by atoms with Crippen LogP contribution in [0.25, 0.3) is 22.8 Å². The van der Waals surface area contributed by atoms with Crippen molar-refractivity contribution < 1.29 is 4.42 Å². The quantitative estimate of drug-likeness (QED) is 0.680. The molecular formula is C15H12N2O. The Morgan fingerprint density at radius 2 is 1.94 bits per heavy atom. The maximum Gasteiger partial charge on any atom is 0.226 e. The Labute approximate surface area is 105 Å². The minimum Gasteiger partial charge on any atom is -0.444 e. The highest BCUT2D eigenvalue weighted by Gasteiger charge is 2.08. The minimum absolute atomic E-state index is 0.624. The van der Waals surface area contributed by atoms with E-state index in [0.29, 0.717) is 5.89 Å². The number of pyridine rings is 1. The lowest BCUT2D eigenvalue weighted by molar-refractivity contribution is 0.575. The van der Waals surface area contributed by atoms with Gasteiger partial charge in [0.25, 0.3) is 0 Å². The third-order valence-corrected chi connectivity index (χ3v) is 2.70. The highest BCUT2D eigenvalue weighted by atomic mass is 16.3. The van der Waals surface area contributed by atoms with Gasteiger partial charge in [-0.2, -0.15) is 0 Å². The van der Waals surface area contributed by atoms with Crippen LogP contribution >= 0.6 is 0 Å². The Morgan fingerprint density at radius 1 is 1.00 bits per heavy atom. The zero-order valence-corrected chi connectivity index (χ0v) is 10.00. The van der Waals surface area contributed by atoms with E-state index < -0.39 is 0 Å². The standard InChI is InChI=1S/C15H12N2O/c1-11-5-4-6-12(9-11)15-17-14(10-18-15)13-7-2-3-8-16-13/h2-10H,1H3. The Kier molecular flexibility index (Phi) is 2.65. The van der Waals surface area contributed by atoms with E-state index in [1.54, 1.807) is 12.5 Å². The summed E-state index contributed by atoms with van der Waals surface area (Å²) in [5.41, 5.74) is 3.74. The summed E-state index contributed by atoms with van der Waals surface area (Å²) >= 11 is 0. The summed E-state index contributed by atoms with van der Waals surface area (Å²) in [4.78, 5) is 8.71. The van der Waals surface area contributed by atoms with E-state index >= 15 is 0 Å². The predicted octanol–water partition coefficient (Wildman–Crippen LogP) is 3.71. The van der Waals surface area contributed by atoms with Crippen molar-refractivity contribution in [3.8, 4) is 22.8 Å². The fourth-order valence-electron chi connectivity index (χ4n) is 1.82. The lowest BCUT2D eigenvalue weighted by atomic mass is 10.1. The van der Waals surface area contributed by atoms with Gasteiger partial charge in [-0.05, 0) is 31.2 Å². The molecule has 3 rings (SSSR count). The minimum atomic E-state index is 0.624. The molecule has 0 aliphatic carbocycles. The summed E-state index contributed by atoms with van der Waals surface area (Å²) in [5, 5.41) is 0. The molecule has 0 aliphatic rings. The van der Waals surface area contributed by atoms with E-state index in [9.17, 15) is 0 Å². The number of nitrogens with zero attached hydrogens (tertiary/aromatic N) is 2. The smallest absolute Gasteiger partial charge is 0.226 e. The molecule has 0 fully saturated rings. The Morgan fingerprint density at radius 3 is 2.72 bits per heavy atom. The first-order valence-electron chi connectivity index (χ1n) is 5.77. The number of oxazole rings is 1. The molecule has 3 heteroatoms. The van der Waals surface area contributed by atoms with Crippen LogP contribution in [-0.4, -0.2) is 9.97 Å². The molecule has 3 aromatic rings. The summed E-state index contributed by atoms with van der Waals surface area (Å²) in [7, 11) is 0. The second-order valence-corrected chi connectivity index (χ2v) is 4.12. The molecule has 88 valence electrons. The summed E-state index contributed by atoms with van der Waals surface area (Å²) in [6, 6.07) is 13.8. The van der Waals surface area contributed by atoms with E-state index in [0.717, 1.165) is 17.0 Å². The number of benzene rings is 1. The first-order valence-corrected chi connectivity index (χ1v) is 5.77. The molecule has 18 heavy (non-hydrogen) atoms. The molecule has 0 amide bonds. The molecule has 2 heterocycles. The average molecular weight is 236 g/mol. The van der Waals surface area contributed by atoms with Crippen LogP contribution in [0.3, 0.4) is 0 Å². The van der Waals surface area contributed by atoms with Crippen LogP contribution in [0.5, 0.6) is 0 Å². The molecule has 0 N–H and O–H groups in total. The Hall–Kier alpha value is -2.42. The topological polar surface area (TPSA) is 38.9 Å². The molecule has 1 aromatic carbocycles. The van der Waals surface area contributed by atoms with Crippen molar-refractivity contribution in [3.63, 3.8) is 0 Å². The number of aromatic nitrogens is 2. The molecule has 0 saturated heterocycles. The monoisotopic (exact) mass is 236 g/mol. The van der Waals surface area contributed by atoms with Crippen LogP contribution < -0.4 is 0 Å². The lowest BCUT2D eigenvalue weighted by Crippen LogP contribution is -1.83. The van der Waals surface area contributed by atoms with Crippen molar-refractivity contribution in [1.29, 1.82) is 0 Å². The van der Waals surface area contributed by atoms with E-state index in [2.05, 4.69) is 9.97 Å². The maximum atomic E-state index is 5.51. The molecule has 0 aliphatic heterocycles. The van der Waals surface area contributed by atoms with E-state index in [1.165, 1.54) is 5.56 Å². The second-order valence-electron chi connectivity index (χ2n) is 4.12. The molecule has 3 nitrogen and oxygen atoms in total. The Bertz CT molecular complexity index is 659. The van der Waals surface area contributed by atoms with Crippen LogP contribution in [0, 0.1) is 6.92 Å². The lowest BCUT2D eigenvalue weighted by Gasteiger charge is -1.96. The average Bonchev–Trinajstić information content (AvgIpc) is 2.89. The van der Waals surface area contributed by atoms with Crippen LogP contribution in [-0.2, 0) is 0 Å². The first kappa shape index (κ1) is 10.7. The number of rotatable bonds is 2. The summed E-state index contributed by atoms with van der Waals surface area (Å²) < 4.78 is 5.51. The predicted molar refractivity (Wildman–Crippen MR) is 69.9 cm³/mol. The van der Waals surface area contributed by atoms with E-state index in [1.807, 2.05) is 49.4 Å². The van der Waals surface area contributed by atoms with E-state index in [-0.39, 0.29) is 0 Å². The molecule has 0 radical (unpaired) electrons. The zero-order chi connectivity index (χ0) is 12.4. The van der Waals surface area contributed by atoms with Crippen molar-refractivity contribution in [3.05, 3.63) is 60.5 Å². The fraction of sp³-hybridized carbons (Fsp3) is 0.0667. The van der Waals surface area contributed by atoms with Gasteiger partial charge in [0.2, 0.25) is 5.89 Å². The molecule has 0 saturated carbocycles. The number of aryl methyl sites for hydroxylation is 1. The van der Waals surface area contributed by atoms with Gasteiger partial charge in [-0.15, -0.1) is 0 Å². The molecule has 0 spiro atoms. The normalized spacial score (nSPS) is 10.5. The third kappa shape index (κ3) is 2.02. The highest BCUT2D eigenvalue weighted by molar-refractivity contribution is 5.60. The molecule has 0 bridgehead atoms. The van der Waals surface area contributed by atoms with Crippen molar-refractivity contribution in [1.82, 2.24) is 9.97 Å². The van der Waals surface area contributed by atoms with Crippen molar-refractivity contribution in [2.45, 2.75) is 6.92 Å². The van der Waals surface area contributed by atoms with Gasteiger partial charge in [-0.25, -0.2) is 4.98 Å². The second kappa shape index (κ2) is 4.45. The number of hydrogen-bond donors (Lipinski definition) is 0. The van der Waals surface area contributed by atoms with Crippen molar-refractivity contribution in [2.75, 3.05) is 0 Å². The van der Waals surface area contributed by atoms with Gasteiger partial charge in [0.05, 0.1) is 5.69 Å². The van der Waals surface area contributed by atoms with Gasteiger partial charge in [-0.1, -0.05) is 23.8 Å². The van der Waals surface area contributed by atoms with Crippen LogP contribution in [0.15, 0.2) is 59.3 Å². The van der Waals surface area contributed by atoms with Crippen LogP contribution in [0.1, 0.15) is 5.56 Å². The van der Waals surface area contributed by atoms with Crippen molar-refractivity contribution in [2.24, 2.45) is 0 Å². The van der Waals surface area contributed by atoms with Crippen LogP contribution in [0.4, 0.5) is 0 Å². The third-order valence-electron chi connectivity index (χ3n) is 2.70. The van der Waals surface area contributed by atoms with Gasteiger partial charge in [0.1, 0.15) is 12.0 Å². The van der Waals surface area contributed by atoms with Gasteiger partial charge >= 0.3 is 0 Å². The highest BCUT2D eigenvalue weighted by Crippen LogP contribution is 2.23. The largest absolute Gasteiger partial charge is 0.444 e. The first-order chi connectivity index (χ1) is 8.83. The summed E-state index contributed by atoms with van der Waals surface area (Å²) in [5.74, 6) is 0.624. The van der Waals surface area contributed by atoms with Crippen LogP contribution in [0.2, 0.25) is 0 Å². The Balaban J connectivity index is 2.00. The van der Waals surface area contributed by atoms with Gasteiger partial charge in [0.15, 0.2) is 0 Å².